The molecule has 7 heteroatoms. The first-order chi connectivity index (χ1) is 13.6. The van der Waals surface area contributed by atoms with Crippen LogP contribution in [0.15, 0.2) is 71.9 Å². The maximum Gasteiger partial charge on any atom is 0.243 e. The number of pyridine rings is 1. The van der Waals surface area contributed by atoms with E-state index in [-0.39, 0.29) is 19.2 Å². The minimum absolute atomic E-state index is 0.0850. The number of hydrogen-bond donors (Lipinski definition) is 1. The van der Waals surface area contributed by atoms with Crippen molar-refractivity contribution in [2.75, 3.05) is 26.2 Å². The zero-order valence-electron chi connectivity index (χ0n) is 15.5. The monoisotopic (exact) mass is 397 g/mol. The fourth-order valence-electron chi connectivity index (χ4n) is 3.74. The minimum Gasteiger partial charge on any atom is -0.395 e. The third-order valence-corrected chi connectivity index (χ3v) is 7.19. The molecule has 0 amide bonds. The molecular weight excluding hydrogens is 374 g/mol. The predicted octanol–water partition coefficient (Wildman–Crippen LogP) is 2.10. The molecule has 1 aliphatic rings. The summed E-state index contributed by atoms with van der Waals surface area (Å²) >= 11 is 0. The van der Waals surface area contributed by atoms with Crippen molar-refractivity contribution in [2.24, 2.45) is 0 Å². The van der Waals surface area contributed by atoms with E-state index in [2.05, 4.69) is 9.88 Å². The van der Waals surface area contributed by atoms with Gasteiger partial charge in [0.2, 0.25) is 10.0 Å². The van der Waals surface area contributed by atoms with Crippen LogP contribution in [-0.4, -0.2) is 60.0 Å². The van der Waals surface area contributed by atoms with Gasteiger partial charge in [-0.1, -0.05) is 42.5 Å². The summed E-state index contributed by atoms with van der Waals surface area (Å²) in [7, 11) is -3.66. The van der Waals surface area contributed by atoms with Crippen molar-refractivity contribution in [1.82, 2.24) is 14.2 Å². The molecule has 0 radical (unpaired) electrons. The van der Waals surface area contributed by atoms with Crippen LogP contribution in [0.4, 0.5) is 0 Å². The molecule has 3 aromatic rings. The highest BCUT2D eigenvalue weighted by atomic mass is 32.2. The average molecular weight is 398 g/mol. The molecule has 1 unspecified atom stereocenters. The highest BCUT2D eigenvalue weighted by Crippen LogP contribution is 2.27. The molecule has 2 aromatic carbocycles. The molecule has 0 saturated carbocycles. The maximum absolute atomic E-state index is 13.3. The van der Waals surface area contributed by atoms with Gasteiger partial charge in [0.1, 0.15) is 0 Å². The summed E-state index contributed by atoms with van der Waals surface area (Å²) < 4.78 is 28.2. The van der Waals surface area contributed by atoms with Gasteiger partial charge < -0.3 is 5.11 Å². The first-order valence-electron chi connectivity index (χ1n) is 9.31. The number of aliphatic hydroxyl groups is 1. The van der Waals surface area contributed by atoms with Crippen LogP contribution >= 0.6 is 0 Å². The third kappa shape index (κ3) is 3.66. The molecular formula is C21H23N3O3S. The van der Waals surface area contributed by atoms with E-state index in [1.807, 2.05) is 36.4 Å². The van der Waals surface area contributed by atoms with E-state index in [0.29, 0.717) is 29.9 Å². The maximum atomic E-state index is 13.3. The van der Waals surface area contributed by atoms with Crippen LogP contribution in [0.5, 0.6) is 0 Å². The summed E-state index contributed by atoms with van der Waals surface area (Å²) in [5.74, 6) is 0. The topological polar surface area (TPSA) is 73.7 Å². The third-order valence-electron chi connectivity index (χ3n) is 5.27. The normalized spacial score (nSPS) is 19.1. The highest BCUT2D eigenvalue weighted by Gasteiger charge is 2.34. The summed E-state index contributed by atoms with van der Waals surface area (Å²) in [6.45, 7) is 1.85. The molecule has 6 nitrogen and oxygen atoms in total. The molecule has 0 spiro atoms. The lowest BCUT2D eigenvalue weighted by molar-refractivity contribution is 0.0654. The van der Waals surface area contributed by atoms with Crippen LogP contribution in [0.2, 0.25) is 0 Å². The van der Waals surface area contributed by atoms with Crippen LogP contribution in [0.1, 0.15) is 5.56 Å². The fourth-order valence-corrected chi connectivity index (χ4v) is 5.42. The largest absolute Gasteiger partial charge is 0.395 e. The molecule has 0 bridgehead atoms. The van der Waals surface area contributed by atoms with E-state index in [9.17, 15) is 13.5 Å². The Hall–Kier alpha value is -2.32. The Morgan fingerprint density at radius 2 is 1.86 bits per heavy atom. The molecule has 1 aliphatic heterocycles. The molecule has 2 heterocycles. The highest BCUT2D eigenvalue weighted by molar-refractivity contribution is 7.89. The van der Waals surface area contributed by atoms with Gasteiger partial charge in [-0.05, 0) is 17.7 Å². The Balaban J connectivity index is 1.58. The Kier molecular flexibility index (Phi) is 5.41. The van der Waals surface area contributed by atoms with Crippen LogP contribution in [0.25, 0.3) is 10.8 Å². The van der Waals surface area contributed by atoms with E-state index >= 15 is 0 Å². The lowest BCUT2D eigenvalue weighted by Gasteiger charge is -2.40. The molecule has 1 fully saturated rings. The summed E-state index contributed by atoms with van der Waals surface area (Å²) in [5.41, 5.74) is 1.15. The second kappa shape index (κ2) is 7.97. The van der Waals surface area contributed by atoms with Gasteiger partial charge >= 0.3 is 0 Å². The van der Waals surface area contributed by atoms with Crippen LogP contribution < -0.4 is 0 Å². The number of aromatic nitrogens is 1. The Labute approximate surface area is 165 Å². The van der Waals surface area contributed by atoms with E-state index in [0.717, 1.165) is 10.9 Å². The Morgan fingerprint density at radius 1 is 1.04 bits per heavy atom. The summed E-state index contributed by atoms with van der Waals surface area (Å²) in [5, 5.41) is 11.4. The van der Waals surface area contributed by atoms with Gasteiger partial charge in [0, 0.05) is 55.4 Å². The average Bonchev–Trinajstić information content (AvgIpc) is 2.74. The number of piperazine rings is 1. The Bertz CT molecular complexity index is 1050. The zero-order valence-corrected chi connectivity index (χ0v) is 16.3. The number of fused-ring (bicyclic) bond motifs is 1. The fraction of sp³-hybridized carbons (Fsp3) is 0.286. The quantitative estimate of drug-likeness (QED) is 0.714. The SMILES string of the molecule is O=S(=O)(c1cccc2cnccc12)N1CCN(Cc2ccccc2)C(CO)C1. The number of sulfonamides is 1. The van der Waals surface area contributed by atoms with Gasteiger partial charge in [-0.15, -0.1) is 0 Å². The van der Waals surface area contributed by atoms with Gasteiger partial charge in [0.05, 0.1) is 11.5 Å². The van der Waals surface area contributed by atoms with E-state index in [1.54, 1.807) is 30.6 Å². The summed E-state index contributed by atoms with van der Waals surface area (Å²) in [4.78, 5) is 6.51. The van der Waals surface area contributed by atoms with Crippen LogP contribution in [0, 0.1) is 0 Å². The molecule has 1 atom stereocenters. The molecule has 0 aliphatic carbocycles. The van der Waals surface area contributed by atoms with Crippen LogP contribution in [-0.2, 0) is 16.6 Å². The van der Waals surface area contributed by atoms with E-state index < -0.39 is 10.0 Å². The van der Waals surface area contributed by atoms with E-state index in [1.165, 1.54) is 4.31 Å². The number of benzene rings is 2. The number of hydrogen-bond acceptors (Lipinski definition) is 5. The minimum atomic E-state index is -3.66. The van der Waals surface area contributed by atoms with Crippen molar-refractivity contribution in [3.05, 3.63) is 72.6 Å². The molecule has 1 aromatic heterocycles. The number of aliphatic hydroxyl groups excluding tert-OH is 1. The molecule has 146 valence electrons. The van der Waals surface area contributed by atoms with Gasteiger partial charge in [-0.25, -0.2) is 8.42 Å². The second-order valence-corrected chi connectivity index (χ2v) is 8.91. The van der Waals surface area contributed by atoms with E-state index in [4.69, 9.17) is 0 Å². The summed E-state index contributed by atoms with van der Waals surface area (Å²) in [6, 6.07) is 16.8. The van der Waals surface area contributed by atoms with Crippen molar-refractivity contribution in [3.8, 4) is 0 Å². The van der Waals surface area contributed by atoms with Gasteiger partial charge in [0.25, 0.3) is 0 Å². The lowest BCUT2D eigenvalue weighted by Crippen LogP contribution is -2.55. The first kappa shape index (κ1) is 19.0. The molecule has 28 heavy (non-hydrogen) atoms. The van der Waals surface area contributed by atoms with Crippen LogP contribution in [0.3, 0.4) is 0 Å². The smallest absolute Gasteiger partial charge is 0.243 e. The van der Waals surface area contributed by atoms with Crippen molar-refractivity contribution < 1.29 is 13.5 Å². The molecule has 1 saturated heterocycles. The lowest BCUT2D eigenvalue weighted by atomic mass is 10.1. The van der Waals surface area contributed by atoms with Gasteiger partial charge in [-0.3, -0.25) is 9.88 Å². The Morgan fingerprint density at radius 3 is 2.64 bits per heavy atom. The van der Waals surface area contributed by atoms with Gasteiger partial charge in [0.15, 0.2) is 0 Å². The molecule has 1 N–H and O–H groups in total. The van der Waals surface area contributed by atoms with Crippen molar-refractivity contribution in [2.45, 2.75) is 17.5 Å². The second-order valence-electron chi connectivity index (χ2n) is 7.01. The van der Waals surface area contributed by atoms with Crippen molar-refractivity contribution in [1.29, 1.82) is 0 Å². The van der Waals surface area contributed by atoms with Crippen molar-refractivity contribution >= 4 is 20.8 Å². The molecule has 4 rings (SSSR count). The first-order valence-corrected chi connectivity index (χ1v) is 10.8. The van der Waals surface area contributed by atoms with Crippen molar-refractivity contribution in [3.63, 3.8) is 0 Å². The standard InChI is InChI=1S/C21H23N3O3S/c25-16-19-15-24(12-11-23(19)14-17-5-2-1-3-6-17)28(26,27)21-8-4-7-18-13-22-10-9-20(18)21/h1-10,13,19,25H,11-12,14-16H2. The summed E-state index contributed by atoms with van der Waals surface area (Å²) in [6.07, 6.45) is 3.28. The number of rotatable bonds is 5. The van der Waals surface area contributed by atoms with Gasteiger partial charge in [-0.2, -0.15) is 4.31 Å². The predicted molar refractivity (Wildman–Crippen MR) is 108 cm³/mol. The zero-order chi connectivity index (χ0) is 19.6. The number of nitrogens with zero attached hydrogens (tertiary/aromatic N) is 3.